The molecule has 2 aromatic rings. The number of fused-ring (bicyclic) bond motifs is 1. The van der Waals surface area contributed by atoms with Gasteiger partial charge in [-0.05, 0) is 49.2 Å². The fraction of sp³-hybridized carbons (Fsp3) is 0.552. The van der Waals surface area contributed by atoms with Gasteiger partial charge in [0.1, 0.15) is 11.9 Å². The molecule has 2 saturated heterocycles. The van der Waals surface area contributed by atoms with Gasteiger partial charge >= 0.3 is 6.18 Å². The predicted molar refractivity (Wildman–Crippen MR) is 138 cm³/mol. The van der Waals surface area contributed by atoms with E-state index in [9.17, 15) is 22.4 Å². The number of carbonyl (C=O) groups excluding carboxylic acids is 1. The molecule has 3 aliphatic rings. The maximum Gasteiger partial charge on any atom is 0.416 e. The zero-order valence-corrected chi connectivity index (χ0v) is 22.9. The number of morpholine rings is 1. The van der Waals surface area contributed by atoms with Crippen molar-refractivity contribution in [3.8, 4) is 0 Å². The number of hydrogen-bond donors (Lipinski definition) is 1. The van der Waals surface area contributed by atoms with Crippen molar-refractivity contribution in [2.45, 2.75) is 75.8 Å². The fourth-order valence-electron chi connectivity index (χ4n) is 5.47. The average Bonchev–Trinajstić information content (AvgIpc) is 3.25. The number of rotatable bonds is 8. The summed E-state index contributed by atoms with van der Waals surface area (Å²) < 4.78 is 83.8. The van der Waals surface area contributed by atoms with Crippen LogP contribution in [0.3, 0.4) is 0 Å². The Bertz CT molecular complexity index is 1200. The standard InChI is InChI=1S/C29H34F4N2O6/c1-27(2)40-24-16-28(26(36)34-35-10-12-37-13-11-35,39-18-20-4-3-5-21(14-20)29(31,32)33)15-23(25(24)41-27)38-17-19-6-8-22(30)9-7-19/h3-9,14,23-25H,10-13,15-18H2,1-2H3,(H,34,36)/t23-,24-,25+,28-/m1/s1. The zero-order valence-electron chi connectivity index (χ0n) is 22.9. The minimum atomic E-state index is -4.51. The molecule has 224 valence electrons. The molecule has 41 heavy (non-hydrogen) atoms. The van der Waals surface area contributed by atoms with Gasteiger partial charge in [0.05, 0.1) is 44.2 Å². The highest BCUT2D eigenvalue weighted by atomic mass is 19.4. The van der Waals surface area contributed by atoms with Gasteiger partial charge in [-0.15, -0.1) is 0 Å². The normalized spacial score (nSPS) is 28.3. The Balaban J connectivity index is 1.42. The van der Waals surface area contributed by atoms with Gasteiger partial charge in [0, 0.05) is 25.9 Å². The van der Waals surface area contributed by atoms with E-state index in [1.807, 2.05) is 0 Å². The molecule has 12 heteroatoms. The number of alkyl halides is 3. The summed E-state index contributed by atoms with van der Waals surface area (Å²) in [5.74, 6) is -1.78. The molecule has 1 saturated carbocycles. The smallest absolute Gasteiger partial charge is 0.379 e. The van der Waals surface area contributed by atoms with Crippen LogP contribution in [-0.2, 0) is 47.9 Å². The predicted octanol–water partition coefficient (Wildman–Crippen LogP) is 4.36. The lowest BCUT2D eigenvalue weighted by Crippen LogP contribution is -2.63. The lowest BCUT2D eigenvalue weighted by Gasteiger charge is -2.44. The molecule has 5 rings (SSSR count). The van der Waals surface area contributed by atoms with E-state index >= 15 is 0 Å². The Morgan fingerprint density at radius 2 is 1.76 bits per heavy atom. The first-order valence-corrected chi connectivity index (χ1v) is 13.6. The molecule has 0 radical (unpaired) electrons. The molecule has 0 unspecified atom stereocenters. The Hall–Kier alpha value is -2.61. The van der Waals surface area contributed by atoms with Crippen LogP contribution in [0.5, 0.6) is 0 Å². The topological polar surface area (TPSA) is 78.5 Å². The summed E-state index contributed by atoms with van der Waals surface area (Å²) in [6, 6.07) is 10.7. The second-order valence-corrected chi connectivity index (χ2v) is 11.0. The number of nitrogens with one attached hydrogen (secondary N) is 1. The highest BCUT2D eigenvalue weighted by molar-refractivity contribution is 5.85. The number of hydrogen-bond acceptors (Lipinski definition) is 7. The molecule has 0 bridgehead atoms. The largest absolute Gasteiger partial charge is 0.416 e. The molecule has 1 amide bonds. The first-order chi connectivity index (χ1) is 19.4. The molecular formula is C29H34F4N2O6. The van der Waals surface area contributed by atoms with Gasteiger partial charge in [0.15, 0.2) is 11.4 Å². The van der Waals surface area contributed by atoms with E-state index in [-0.39, 0.29) is 37.4 Å². The van der Waals surface area contributed by atoms with Crippen LogP contribution in [-0.4, -0.2) is 66.9 Å². The second-order valence-electron chi connectivity index (χ2n) is 11.0. The summed E-state index contributed by atoms with van der Waals surface area (Å²) in [4.78, 5) is 14.0. The lowest BCUT2D eigenvalue weighted by molar-refractivity contribution is -0.187. The molecule has 3 fully saturated rings. The maximum atomic E-state index is 14.0. The monoisotopic (exact) mass is 582 g/mol. The number of halogens is 4. The Morgan fingerprint density at radius 3 is 2.46 bits per heavy atom. The summed E-state index contributed by atoms with van der Waals surface area (Å²) in [5, 5.41) is 1.73. The van der Waals surface area contributed by atoms with Gasteiger partial charge < -0.3 is 23.7 Å². The van der Waals surface area contributed by atoms with Crippen molar-refractivity contribution in [1.82, 2.24) is 10.4 Å². The Morgan fingerprint density at radius 1 is 1.02 bits per heavy atom. The molecule has 2 aliphatic heterocycles. The number of ether oxygens (including phenoxy) is 5. The number of nitrogens with zero attached hydrogens (tertiary/aromatic N) is 1. The summed E-state index contributed by atoms with van der Waals surface area (Å²) in [6.45, 7) is 5.23. The van der Waals surface area contributed by atoms with Gasteiger partial charge in [-0.1, -0.05) is 24.3 Å². The highest BCUT2D eigenvalue weighted by Gasteiger charge is 2.58. The molecule has 1 aliphatic carbocycles. The maximum absolute atomic E-state index is 14.0. The van der Waals surface area contributed by atoms with E-state index in [4.69, 9.17) is 23.7 Å². The quantitative estimate of drug-likeness (QED) is 0.464. The van der Waals surface area contributed by atoms with Crippen LogP contribution in [0.15, 0.2) is 48.5 Å². The van der Waals surface area contributed by atoms with Crippen molar-refractivity contribution in [3.05, 3.63) is 71.0 Å². The highest BCUT2D eigenvalue weighted by Crippen LogP contribution is 2.44. The number of hydrazine groups is 1. The van der Waals surface area contributed by atoms with Crippen LogP contribution in [0.4, 0.5) is 17.6 Å². The first-order valence-electron chi connectivity index (χ1n) is 13.6. The van der Waals surface area contributed by atoms with Crippen LogP contribution < -0.4 is 5.43 Å². The van der Waals surface area contributed by atoms with Crippen molar-refractivity contribution in [3.63, 3.8) is 0 Å². The third-order valence-corrected chi connectivity index (χ3v) is 7.48. The third kappa shape index (κ3) is 7.25. The Kier molecular flexibility index (Phi) is 8.70. The van der Waals surface area contributed by atoms with E-state index in [0.29, 0.717) is 26.3 Å². The summed E-state index contributed by atoms with van der Waals surface area (Å²) >= 11 is 0. The zero-order chi connectivity index (χ0) is 29.3. The minimum Gasteiger partial charge on any atom is -0.379 e. The first kappa shape index (κ1) is 29.9. The molecule has 2 heterocycles. The van der Waals surface area contributed by atoms with E-state index in [1.54, 1.807) is 31.0 Å². The molecule has 8 nitrogen and oxygen atoms in total. The van der Waals surface area contributed by atoms with Gasteiger partial charge in [0.25, 0.3) is 5.91 Å². The SMILES string of the molecule is CC1(C)O[C@H]2[C@H](OCc3ccc(F)cc3)C[C@](OCc3cccc(C(F)(F)F)c3)(C(=O)NN3CCOCC3)C[C@H]2O1. The Labute approximate surface area is 235 Å². The van der Waals surface area contributed by atoms with Crippen molar-refractivity contribution in [2.75, 3.05) is 26.3 Å². The number of benzene rings is 2. The fourth-order valence-corrected chi connectivity index (χ4v) is 5.47. The van der Waals surface area contributed by atoms with Crippen LogP contribution in [0.25, 0.3) is 0 Å². The van der Waals surface area contributed by atoms with Crippen molar-refractivity contribution in [2.24, 2.45) is 0 Å². The molecule has 0 spiro atoms. The molecular weight excluding hydrogens is 548 g/mol. The van der Waals surface area contributed by atoms with Crippen LogP contribution >= 0.6 is 0 Å². The second kappa shape index (κ2) is 11.9. The molecule has 4 atom stereocenters. The third-order valence-electron chi connectivity index (χ3n) is 7.48. The molecule has 0 aromatic heterocycles. The van der Waals surface area contributed by atoms with Crippen molar-refractivity contribution < 1.29 is 46.0 Å². The summed E-state index contributed by atoms with van der Waals surface area (Å²) in [6.07, 6.45) is -6.13. The molecule has 2 aromatic carbocycles. The van der Waals surface area contributed by atoms with Crippen molar-refractivity contribution >= 4 is 5.91 Å². The van der Waals surface area contributed by atoms with E-state index in [0.717, 1.165) is 17.7 Å². The number of carbonyl (C=O) groups is 1. The van der Waals surface area contributed by atoms with Crippen molar-refractivity contribution in [1.29, 1.82) is 0 Å². The van der Waals surface area contributed by atoms with E-state index < -0.39 is 47.3 Å². The van der Waals surface area contributed by atoms with Gasteiger partial charge in [-0.25, -0.2) is 9.40 Å². The van der Waals surface area contributed by atoms with E-state index in [1.165, 1.54) is 24.3 Å². The van der Waals surface area contributed by atoms with Crippen LogP contribution in [0.1, 0.15) is 43.4 Å². The minimum absolute atomic E-state index is 0.0595. The van der Waals surface area contributed by atoms with Gasteiger partial charge in [-0.2, -0.15) is 13.2 Å². The van der Waals surface area contributed by atoms with Crippen LogP contribution in [0.2, 0.25) is 0 Å². The summed E-state index contributed by atoms with van der Waals surface area (Å²) in [7, 11) is 0. The lowest BCUT2D eigenvalue weighted by atomic mass is 9.78. The average molecular weight is 583 g/mol. The van der Waals surface area contributed by atoms with Gasteiger partial charge in [-0.3, -0.25) is 10.2 Å². The summed E-state index contributed by atoms with van der Waals surface area (Å²) in [5.41, 5.74) is 1.60. The number of amides is 1. The van der Waals surface area contributed by atoms with E-state index in [2.05, 4.69) is 5.43 Å². The van der Waals surface area contributed by atoms with Gasteiger partial charge in [0.2, 0.25) is 0 Å². The molecule has 1 N–H and O–H groups in total. The van der Waals surface area contributed by atoms with Crippen LogP contribution in [0, 0.1) is 5.82 Å².